The molecule has 182 valence electrons. The number of ether oxygens (including phenoxy) is 1. The van der Waals surface area contributed by atoms with Crippen LogP contribution < -0.4 is 10.9 Å². The Labute approximate surface area is 206 Å². The van der Waals surface area contributed by atoms with Gasteiger partial charge in [-0.05, 0) is 74.8 Å². The Morgan fingerprint density at radius 2 is 1.83 bits per heavy atom. The van der Waals surface area contributed by atoms with E-state index in [9.17, 15) is 14.4 Å². The molecule has 9 heteroatoms. The molecule has 1 aromatic carbocycles. The first-order valence-electron chi connectivity index (χ1n) is 12.4. The van der Waals surface area contributed by atoms with Crippen molar-refractivity contribution in [1.29, 1.82) is 0 Å². The second-order valence-corrected chi connectivity index (χ2v) is 11.4. The Bertz CT molecular complexity index is 1340. The van der Waals surface area contributed by atoms with Gasteiger partial charge >= 0.3 is 5.97 Å². The smallest absolute Gasteiger partial charge is 0.340 e. The number of hydrogen-bond donors (Lipinski definition) is 1. The fourth-order valence-electron chi connectivity index (χ4n) is 6.74. The predicted molar refractivity (Wildman–Crippen MR) is 131 cm³/mol. The molecule has 0 aliphatic heterocycles. The second-order valence-electron chi connectivity index (χ2n) is 10.4. The van der Waals surface area contributed by atoms with Gasteiger partial charge in [0.1, 0.15) is 11.6 Å². The summed E-state index contributed by atoms with van der Waals surface area (Å²) >= 11 is 1.34. The van der Waals surface area contributed by atoms with Gasteiger partial charge in [-0.25, -0.2) is 9.78 Å². The van der Waals surface area contributed by atoms with E-state index >= 15 is 0 Å². The van der Waals surface area contributed by atoms with Gasteiger partial charge in [0.2, 0.25) is 10.9 Å². The van der Waals surface area contributed by atoms with Gasteiger partial charge in [-0.15, -0.1) is 0 Å². The first kappa shape index (κ1) is 22.4. The lowest BCUT2D eigenvalue weighted by atomic mass is 9.49. The van der Waals surface area contributed by atoms with Crippen LogP contribution in [0.25, 0.3) is 4.96 Å². The minimum Gasteiger partial charge on any atom is -0.456 e. The van der Waals surface area contributed by atoms with Crippen LogP contribution in [0.1, 0.15) is 66.5 Å². The van der Waals surface area contributed by atoms with E-state index in [2.05, 4.69) is 15.4 Å². The summed E-state index contributed by atoms with van der Waals surface area (Å²) in [6.45, 7) is 1.83. The molecule has 0 saturated heterocycles. The summed E-state index contributed by atoms with van der Waals surface area (Å²) in [6.07, 6.45) is 7.37. The molecule has 4 saturated carbocycles. The molecule has 0 unspecified atom stereocenters. The molecule has 0 spiro atoms. The summed E-state index contributed by atoms with van der Waals surface area (Å²) in [5, 5.41) is 8.12. The fraction of sp³-hybridized carbons (Fsp3) is 0.500. The number of rotatable bonds is 6. The highest BCUT2D eigenvalue weighted by Crippen LogP contribution is 2.60. The van der Waals surface area contributed by atoms with Crippen molar-refractivity contribution in [1.82, 2.24) is 14.6 Å². The summed E-state index contributed by atoms with van der Waals surface area (Å²) < 4.78 is 6.77. The second kappa shape index (κ2) is 8.55. The molecule has 4 bridgehead atoms. The molecule has 3 aromatic rings. The van der Waals surface area contributed by atoms with Crippen LogP contribution in [0.4, 0.5) is 5.69 Å². The molecule has 8 nitrogen and oxygen atoms in total. The van der Waals surface area contributed by atoms with Crippen molar-refractivity contribution in [2.45, 2.75) is 58.5 Å². The van der Waals surface area contributed by atoms with Crippen molar-refractivity contribution in [2.75, 3.05) is 5.32 Å². The molecule has 1 N–H and O–H groups in total. The maximum Gasteiger partial charge on any atom is 0.340 e. The maximum atomic E-state index is 13.5. The van der Waals surface area contributed by atoms with Crippen molar-refractivity contribution < 1.29 is 14.3 Å². The Hall–Kier alpha value is -3.07. The average molecular weight is 493 g/mol. The third kappa shape index (κ3) is 4.05. The van der Waals surface area contributed by atoms with Crippen LogP contribution in [-0.2, 0) is 22.6 Å². The molecule has 4 aliphatic carbocycles. The van der Waals surface area contributed by atoms with Crippen molar-refractivity contribution in [3.63, 3.8) is 0 Å². The Morgan fingerprint density at radius 3 is 2.51 bits per heavy atom. The minimum absolute atomic E-state index is 0.0360. The third-order valence-corrected chi connectivity index (χ3v) is 8.96. The van der Waals surface area contributed by atoms with Crippen LogP contribution in [-0.4, -0.2) is 26.5 Å². The Morgan fingerprint density at radius 1 is 1.14 bits per heavy atom. The van der Waals surface area contributed by atoms with Crippen molar-refractivity contribution in [2.24, 2.45) is 23.2 Å². The Balaban J connectivity index is 1.17. The molecule has 35 heavy (non-hydrogen) atoms. The number of carbonyl (C=O) groups is 2. The van der Waals surface area contributed by atoms with E-state index in [0.29, 0.717) is 46.1 Å². The van der Waals surface area contributed by atoms with E-state index < -0.39 is 5.97 Å². The monoisotopic (exact) mass is 492 g/mol. The summed E-state index contributed by atoms with van der Waals surface area (Å²) in [5.74, 6) is 1.45. The largest absolute Gasteiger partial charge is 0.456 e. The van der Waals surface area contributed by atoms with E-state index in [1.165, 1.54) is 41.2 Å². The standard InChI is InChI=1S/C26H28N4O4S/c1-2-21-29-30-22(31)10-18(27-25(30)35-21)14-34-23(32)19-5-3-4-6-20(19)28-24(33)26-11-15-7-16(12-26)9-17(8-15)13-26/h3-6,10,15-17H,2,7-9,11-14H2,1H3,(H,28,33). The summed E-state index contributed by atoms with van der Waals surface area (Å²) in [5.41, 5.74) is 0.524. The van der Waals surface area contributed by atoms with Crippen molar-refractivity contribution >= 4 is 33.9 Å². The van der Waals surface area contributed by atoms with Gasteiger partial charge in [-0.2, -0.15) is 9.61 Å². The van der Waals surface area contributed by atoms with E-state index in [1.807, 2.05) is 6.92 Å². The van der Waals surface area contributed by atoms with Gasteiger partial charge in [0.25, 0.3) is 5.56 Å². The average Bonchev–Trinajstić information content (AvgIpc) is 3.26. The number of hydrogen-bond acceptors (Lipinski definition) is 7. The molecule has 0 atom stereocenters. The van der Waals surface area contributed by atoms with E-state index in [-0.39, 0.29) is 23.5 Å². The molecule has 2 aromatic heterocycles. The SMILES string of the molecule is CCc1nn2c(=O)cc(COC(=O)c3ccccc3NC(=O)C34CC5CC(CC(C5)C3)C4)nc2s1. The van der Waals surface area contributed by atoms with Crippen molar-refractivity contribution in [3.05, 3.63) is 57.0 Å². The zero-order chi connectivity index (χ0) is 24.2. The molecular weight excluding hydrogens is 464 g/mol. The van der Waals surface area contributed by atoms with E-state index in [0.717, 1.165) is 24.3 Å². The molecule has 2 heterocycles. The number of carbonyl (C=O) groups excluding carboxylic acids is 2. The van der Waals surface area contributed by atoms with Crippen LogP contribution in [0.2, 0.25) is 0 Å². The van der Waals surface area contributed by atoms with Gasteiger partial charge in [-0.1, -0.05) is 30.4 Å². The van der Waals surface area contributed by atoms with Crippen molar-refractivity contribution in [3.8, 4) is 0 Å². The third-order valence-electron chi connectivity index (χ3n) is 7.91. The van der Waals surface area contributed by atoms with Crippen LogP contribution in [0.5, 0.6) is 0 Å². The zero-order valence-electron chi connectivity index (χ0n) is 19.7. The number of anilines is 1. The van der Waals surface area contributed by atoms with E-state index in [1.54, 1.807) is 24.3 Å². The number of nitrogens with one attached hydrogen (secondary N) is 1. The molecule has 4 aliphatic rings. The van der Waals surface area contributed by atoms with E-state index in [4.69, 9.17) is 4.74 Å². The summed E-state index contributed by atoms with van der Waals surface area (Å²) in [4.78, 5) is 43.7. The number of fused-ring (bicyclic) bond motifs is 1. The lowest BCUT2D eigenvalue weighted by Crippen LogP contribution is -2.51. The predicted octanol–water partition coefficient (Wildman–Crippen LogP) is 4.23. The quantitative estimate of drug-likeness (QED) is 0.517. The molecule has 1 amide bonds. The van der Waals surface area contributed by atoms with Gasteiger partial charge in [-0.3, -0.25) is 9.59 Å². The highest BCUT2D eigenvalue weighted by molar-refractivity contribution is 7.16. The maximum absolute atomic E-state index is 13.5. The fourth-order valence-corrected chi connectivity index (χ4v) is 7.60. The number of amides is 1. The van der Waals surface area contributed by atoms with Crippen LogP contribution >= 0.6 is 11.3 Å². The van der Waals surface area contributed by atoms with Gasteiger partial charge in [0.05, 0.1) is 22.4 Å². The lowest BCUT2D eigenvalue weighted by molar-refractivity contribution is -0.140. The van der Waals surface area contributed by atoms with Crippen LogP contribution in [0.3, 0.4) is 0 Å². The van der Waals surface area contributed by atoms with Crippen LogP contribution in [0, 0.1) is 23.2 Å². The first-order chi connectivity index (χ1) is 16.9. The Kier molecular flexibility index (Phi) is 5.47. The summed E-state index contributed by atoms with van der Waals surface area (Å²) in [7, 11) is 0. The highest BCUT2D eigenvalue weighted by Gasteiger charge is 2.54. The number of aryl methyl sites for hydroxylation is 1. The number of esters is 1. The minimum atomic E-state index is -0.563. The van der Waals surface area contributed by atoms with Crippen LogP contribution in [0.15, 0.2) is 35.1 Å². The first-order valence-corrected chi connectivity index (χ1v) is 13.2. The topological polar surface area (TPSA) is 103 Å². The molecular formula is C26H28N4O4S. The lowest BCUT2D eigenvalue weighted by Gasteiger charge is -2.55. The zero-order valence-corrected chi connectivity index (χ0v) is 20.5. The highest BCUT2D eigenvalue weighted by atomic mass is 32.1. The van der Waals surface area contributed by atoms with Gasteiger partial charge < -0.3 is 10.1 Å². The molecule has 4 fully saturated rings. The molecule has 7 rings (SSSR count). The molecule has 0 radical (unpaired) electrons. The number of aromatic nitrogens is 3. The summed E-state index contributed by atoms with van der Waals surface area (Å²) in [6, 6.07) is 8.28. The number of nitrogens with zero attached hydrogens (tertiary/aromatic N) is 3. The number of para-hydroxylation sites is 1. The number of benzene rings is 1. The van der Waals surface area contributed by atoms with Gasteiger partial charge in [0, 0.05) is 6.07 Å². The van der Waals surface area contributed by atoms with Gasteiger partial charge in [0.15, 0.2) is 0 Å². The normalized spacial score (nSPS) is 26.7.